The number of oxazole rings is 1. The summed E-state index contributed by atoms with van der Waals surface area (Å²) in [7, 11) is 0. The summed E-state index contributed by atoms with van der Waals surface area (Å²) >= 11 is 5.98. The second-order valence-corrected chi connectivity index (χ2v) is 5.51. The van der Waals surface area contributed by atoms with E-state index in [1.165, 1.54) is 0 Å². The Hall–Kier alpha value is -2.58. The van der Waals surface area contributed by atoms with Crippen LogP contribution in [0.3, 0.4) is 0 Å². The third kappa shape index (κ3) is 2.38. The first-order valence-electron chi connectivity index (χ1n) is 7.01. The van der Waals surface area contributed by atoms with E-state index in [4.69, 9.17) is 16.0 Å². The fourth-order valence-electron chi connectivity index (χ4n) is 2.53. The van der Waals surface area contributed by atoms with Crippen molar-refractivity contribution in [2.24, 2.45) is 0 Å². The molecule has 0 aliphatic heterocycles. The lowest BCUT2D eigenvalue weighted by molar-refractivity contribution is 0.590. The van der Waals surface area contributed by atoms with E-state index in [1.54, 1.807) is 0 Å². The molecule has 3 heteroatoms. The van der Waals surface area contributed by atoms with Crippen molar-refractivity contribution < 1.29 is 4.42 Å². The largest absolute Gasteiger partial charge is 0.437 e. The average Bonchev–Trinajstić information content (AvgIpc) is 2.97. The van der Waals surface area contributed by atoms with Gasteiger partial charge in [0.15, 0.2) is 5.58 Å². The summed E-state index contributed by atoms with van der Waals surface area (Å²) in [6.07, 6.45) is 3.80. The van der Waals surface area contributed by atoms with Gasteiger partial charge in [-0.15, -0.1) is 0 Å². The van der Waals surface area contributed by atoms with Crippen LogP contribution in [-0.4, -0.2) is 4.98 Å². The van der Waals surface area contributed by atoms with Gasteiger partial charge in [-0.3, -0.25) is 0 Å². The lowest BCUT2D eigenvalue weighted by atomic mass is 10.1. The molecule has 106 valence electrons. The van der Waals surface area contributed by atoms with Crippen LogP contribution >= 0.6 is 11.6 Å². The highest BCUT2D eigenvalue weighted by Gasteiger charge is 2.06. The first-order valence-corrected chi connectivity index (χ1v) is 7.39. The number of nitrogens with zero attached hydrogens (tertiary/aromatic N) is 1. The summed E-state index contributed by atoms with van der Waals surface area (Å²) in [4.78, 5) is 4.59. The molecule has 0 bridgehead atoms. The Morgan fingerprint density at radius 3 is 2.73 bits per heavy atom. The topological polar surface area (TPSA) is 26.0 Å². The Balaban J connectivity index is 1.78. The highest BCUT2D eigenvalue weighted by atomic mass is 35.5. The molecule has 4 aromatic rings. The second-order valence-electron chi connectivity index (χ2n) is 5.07. The minimum absolute atomic E-state index is 0.589. The molecule has 1 heterocycles. The van der Waals surface area contributed by atoms with E-state index in [2.05, 4.69) is 17.1 Å². The standard InChI is InChI=1S/C19H12ClNO/c20-15-6-3-4-13(12-15)8-11-18-21-19-16-7-2-1-5-14(16)9-10-17(19)22-18/h1-12H/b11-8-. The Morgan fingerprint density at radius 1 is 0.909 bits per heavy atom. The molecule has 0 saturated carbocycles. The van der Waals surface area contributed by atoms with Gasteiger partial charge in [-0.2, -0.15) is 0 Å². The van der Waals surface area contributed by atoms with E-state index in [1.807, 2.05) is 60.7 Å². The van der Waals surface area contributed by atoms with Crippen LogP contribution in [0.5, 0.6) is 0 Å². The smallest absolute Gasteiger partial charge is 0.220 e. The molecule has 0 fully saturated rings. The Kier molecular flexibility index (Phi) is 3.17. The van der Waals surface area contributed by atoms with Crippen molar-refractivity contribution in [2.75, 3.05) is 0 Å². The van der Waals surface area contributed by atoms with Gasteiger partial charge in [-0.05, 0) is 35.2 Å². The average molecular weight is 306 g/mol. The molecule has 0 N–H and O–H groups in total. The highest BCUT2D eigenvalue weighted by Crippen LogP contribution is 2.26. The maximum atomic E-state index is 5.98. The summed E-state index contributed by atoms with van der Waals surface area (Å²) < 4.78 is 5.80. The first-order chi connectivity index (χ1) is 10.8. The number of benzene rings is 3. The van der Waals surface area contributed by atoms with Crippen LogP contribution in [0.15, 0.2) is 65.1 Å². The van der Waals surface area contributed by atoms with Crippen molar-refractivity contribution in [1.82, 2.24) is 4.98 Å². The minimum atomic E-state index is 0.589. The molecule has 2 nitrogen and oxygen atoms in total. The molecule has 0 aliphatic rings. The SMILES string of the molecule is Clc1cccc(/C=C\c2nc3c(ccc4ccccc43)o2)c1. The predicted molar refractivity (Wildman–Crippen MR) is 91.9 cm³/mol. The van der Waals surface area contributed by atoms with E-state index in [-0.39, 0.29) is 0 Å². The minimum Gasteiger partial charge on any atom is -0.437 e. The summed E-state index contributed by atoms with van der Waals surface area (Å²) in [5.74, 6) is 0.589. The van der Waals surface area contributed by atoms with Gasteiger partial charge in [0, 0.05) is 16.5 Å². The van der Waals surface area contributed by atoms with Gasteiger partial charge >= 0.3 is 0 Å². The van der Waals surface area contributed by atoms with Crippen LogP contribution in [0, 0.1) is 0 Å². The molecule has 4 rings (SSSR count). The van der Waals surface area contributed by atoms with E-state index >= 15 is 0 Å². The Bertz CT molecular complexity index is 1000. The third-order valence-electron chi connectivity index (χ3n) is 3.57. The summed E-state index contributed by atoms with van der Waals surface area (Å²) in [5.41, 5.74) is 2.70. The summed E-state index contributed by atoms with van der Waals surface area (Å²) in [6.45, 7) is 0. The zero-order valence-electron chi connectivity index (χ0n) is 11.7. The van der Waals surface area contributed by atoms with Crippen molar-refractivity contribution in [1.29, 1.82) is 0 Å². The van der Waals surface area contributed by atoms with E-state index < -0.39 is 0 Å². The van der Waals surface area contributed by atoms with Crippen LogP contribution in [0.1, 0.15) is 11.5 Å². The molecule has 0 atom stereocenters. The van der Waals surface area contributed by atoms with Gasteiger partial charge < -0.3 is 4.42 Å². The molecule has 0 amide bonds. The molecule has 0 aliphatic carbocycles. The molecular weight excluding hydrogens is 294 g/mol. The predicted octanol–water partition coefficient (Wildman–Crippen LogP) is 5.80. The molecule has 0 saturated heterocycles. The zero-order chi connectivity index (χ0) is 14.9. The van der Waals surface area contributed by atoms with Gasteiger partial charge in [-0.25, -0.2) is 4.98 Å². The second kappa shape index (κ2) is 5.32. The van der Waals surface area contributed by atoms with Crippen molar-refractivity contribution in [3.63, 3.8) is 0 Å². The number of aromatic nitrogens is 1. The quantitative estimate of drug-likeness (QED) is 0.467. The van der Waals surface area contributed by atoms with Crippen LogP contribution in [-0.2, 0) is 0 Å². The molecule has 0 spiro atoms. The summed E-state index contributed by atoms with van der Waals surface area (Å²) in [6, 6.07) is 19.8. The molecule has 22 heavy (non-hydrogen) atoms. The first kappa shape index (κ1) is 13.1. The highest BCUT2D eigenvalue weighted by molar-refractivity contribution is 6.30. The van der Waals surface area contributed by atoms with Gasteiger partial charge in [0.25, 0.3) is 0 Å². The third-order valence-corrected chi connectivity index (χ3v) is 3.80. The maximum absolute atomic E-state index is 5.98. The normalized spacial score (nSPS) is 11.7. The van der Waals surface area contributed by atoms with Crippen LogP contribution < -0.4 is 0 Å². The van der Waals surface area contributed by atoms with Crippen molar-refractivity contribution >= 4 is 45.6 Å². The Morgan fingerprint density at radius 2 is 1.82 bits per heavy atom. The monoisotopic (exact) mass is 305 g/mol. The molecule has 0 radical (unpaired) electrons. The fourth-order valence-corrected chi connectivity index (χ4v) is 2.73. The molecule has 1 aromatic heterocycles. The number of halogens is 1. The van der Waals surface area contributed by atoms with Gasteiger partial charge in [0.05, 0.1) is 0 Å². The van der Waals surface area contributed by atoms with Crippen molar-refractivity contribution in [3.8, 4) is 0 Å². The zero-order valence-corrected chi connectivity index (χ0v) is 12.4. The van der Waals surface area contributed by atoms with Crippen molar-refractivity contribution in [3.05, 3.63) is 77.1 Å². The van der Waals surface area contributed by atoms with Gasteiger partial charge in [0.1, 0.15) is 5.52 Å². The van der Waals surface area contributed by atoms with E-state index in [0.29, 0.717) is 10.9 Å². The van der Waals surface area contributed by atoms with Gasteiger partial charge in [-0.1, -0.05) is 54.1 Å². The van der Waals surface area contributed by atoms with E-state index in [9.17, 15) is 0 Å². The van der Waals surface area contributed by atoms with Crippen LogP contribution in [0.2, 0.25) is 5.02 Å². The molecule has 0 unspecified atom stereocenters. The fraction of sp³-hybridized carbons (Fsp3) is 0. The summed E-state index contributed by atoms with van der Waals surface area (Å²) in [5, 5.41) is 2.98. The van der Waals surface area contributed by atoms with Gasteiger partial charge in [0.2, 0.25) is 5.89 Å². The number of fused-ring (bicyclic) bond motifs is 3. The lowest BCUT2D eigenvalue weighted by Gasteiger charge is -1.95. The number of hydrogen-bond acceptors (Lipinski definition) is 2. The molecule has 3 aromatic carbocycles. The Labute approximate surface area is 132 Å². The van der Waals surface area contributed by atoms with Crippen molar-refractivity contribution in [2.45, 2.75) is 0 Å². The molecular formula is C19H12ClNO. The van der Waals surface area contributed by atoms with Crippen LogP contribution in [0.25, 0.3) is 34.0 Å². The number of rotatable bonds is 2. The van der Waals surface area contributed by atoms with Crippen LogP contribution in [0.4, 0.5) is 0 Å². The maximum Gasteiger partial charge on any atom is 0.220 e. The van der Waals surface area contributed by atoms with E-state index in [0.717, 1.165) is 27.4 Å². The number of hydrogen-bond donors (Lipinski definition) is 0. The lowest BCUT2D eigenvalue weighted by Crippen LogP contribution is -1.75.